The van der Waals surface area contributed by atoms with Gasteiger partial charge in [-0.3, -0.25) is 0 Å². The molecule has 4 nitrogen and oxygen atoms in total. The van der Waals surface area contributed by atoms with E-state index in [9.17, 15) is 9.18 Å². The van der Waals surface area contributed by atoms with Gasteiger partial charge in [0.2, 0.25) is 0 Å². The first kappa shape index (κ1) is 14.8. The van der Waals surface area contributed by atoms with Gasteiger partial charge in [-0.2, -0.15) is 0 Å². The zero-order chi connectivity index (χ0) is 14.9. The molecule has 0 atom stereocenters. The minimum Gasteiger partial charge on any atom is -0.478 e. The van der Waals surface area contributed by atoms with Crippen LogP contribution in [0, 0.1) is 5.82 Å². The molecule has 2 aromatic rings. The first-order valence-electron chi connectivity index (χ1n) is 5.19. The van der Waals surface area contributed by atoms with Crippen molar-refractivity contribution >= 4 is 52.3 Å². The summed E-state index contributed by atoms with van der Waals surface area (Å²) in [4.78, 5) is 14.6. The number of carboxylic acid groups (broad SMARTS) is 1. The average molecular weight is 336 g/mol. The highest BCUT2D eigenvalue weighted by molar-refractivity contribution is 6.44. The number of aromatic carboxylic acids is 1. The van der Waals surface area contributed by atoms with Crippen molar-refractivity contribution in [2.24, 2.45) is 0 Å². The van der Waals surface area contributed by atoms with Crippen LogP contribution in [0.4, 0.5) is 15.9 Å². The van der Waals surface area contributed by atoms with E-state index in [1.54, 1.807) is 0 Å². The maximum Gasteiger partial charge on any atom is 0.338 e. The average Bonchev–Trinajstić information content (AvgIpc) is 2.37. The molecule has 0 aliphatic rings. The fourth-order valence-electron chi connectivity index (χ4n) is 1.44. The SMILES string of the molecule is O=C(O)c1ccnc(Nc2cc(Cl)c(Cl)cc2Cl)c1F. The van der Waals surface area contributed by atoms with Gasteiger partial charge in [0.15, 0.2) is 11.6 Å². The van der Waals surface area contributed by atoms with Gasteiger partial charge in [-0.15, -0.1) is 0 Å². The molecule has 0 aliphatic carbocycles. The second-order valence-electron chi connectivity index (χ2n) is 3.70. The predicted molar refractivity (Wildman–Crippen MR) is 75.9 cm³/mol. The molecule has 1 aromatic heterocycles. The number of nitrogens with zero attached hydrogens (tertiary/aromatic N) is 1. The summed E-state index contributed by atoms with van der Waals surface area (Å²) in [6.45, 7) is 0. The number of nitrogens with one attached hydrogen (secondary N) is 1. The largest absolute Gasteiger partial charge is 0.478 e. The lowest BCUT2D eigenvalue weighted by Crippen LogP contribution is -2.05. The van der Waals surface area contributed by atoms with Crippen molar-refractivity contribution in [1.29, 1.82) is 0 Å². The molecule has 1 aromatic carbocycles. The zero-order valence-corrected chi connectivity index (χ0v) is 11.9. The number of carboxylic acids is 1. The number of rotatable bonds is 3. The molecule has 20 heavy (non-hydrogen) atoms. The van der Waals surface area contributed by atoms with E-state index in [-0.39, 0.29) is 26.6 Å². The summed E-state index contributed by atoms with van der Waals surface area (Å²) in [7, 11) is 0. The number of hydrogen-bond donors (Lipinski definition) is 2. The van der Waals surface area contributed by atoms with Crippen LogP contribution in [0.2, 0.25) is 15.1 Å². The van der Waals surface area contributed by atoms with Crippen LogP contribution >= 0.6 is 34.8 Å². The Balaban J connectivity index is 2.43. The lowest BCUT2D eigenvalue weighted by atomic mass is 10.2. The normalized spacial score (nSPS) is 10.4. The van der Waals surface area contributed by atoms with Gasteiger partial charge in [-0.1, -0.05) is 34.8 Å². The van der Waals surface area contributed by atoms with Crippen LogP contribution in [-0.4, -0.2) is 16.1 Å². The molecule has 0 aliphatic heterocycles. The Morgan fingerprint density at radius 1 is 1.20 bits per heavy atom. The highest BCUT2D eigenvalue weighted by atomic mass is 35.5. The fraction of sp³-hybridized carbons (Fsp3) is 0. The summed E-state index contributed by atoms with van der Waals surface area (Å²) in [6.07, 6.45) is 1.17. The minimum absolute atomic E-state index is 0.196. The predicted octanol–water partition coefficient (Wildman–Crippen LogP) is 4.62. The van der Waals surface area contributed by atoms with E-state index in [0.717, 1.165) is 6.07 Å². The monoisotopic (exact) mass is 334 g/mol. The molecule has 1 heterocycles. The van der Waals surface area contributed by atoms with Crippen molar-refractivity contribution in [3.8, 4) is 0 Å². The van der Waals surface area contributed by atoms with E-state index < -0.39 is 17.3 Å². The van der Waals surface area contributed by atoms with Crippen LogP contribution in [0.25, 0.3) is 0 Å². The Kier molecular flexibility index (Phi) is 4.32. The van der Waals surface area contributed by atoms with Crippen LogP contribution < -0.4 is 5.32 Å². The highest BCUT2D eigenvalue weighted by Crippen LogP contribution is 2.34. The van der Waals surface area contributed by atoms with Gasteiger partial charge >= 0.3 is 5.97 Å². The Morgan fingerprint density at radius 2 is 1.85 bits per heavy atom. The first-order valence-corrected chi connectivity index (χ1v) is 6.33. The first-order chi connectivity index (χ1) is 9.40. The minimum atomic E-state index is -1.40. The Labute approximate surface area is 128 Å². The van der Waals surface area contributed by atoms with Gasteiger partial charge in [0.25, 0.3) is 0 Å². The summed E-state index contributed by atoms with van der Waals surface area (Å²) < 4.78 is 13.9. The Bertz CT molecular complexity index is 695. The Morgan fingerprint density at radius 3 is 2.50 bits per heavy atom. The topological polar surface area (TPSA) is 62.2 Å². The number of carbonyl (C=O) groups is 1. The molecule has 104 valence electrons. The third kappa shape index (κ3) is 2.95. The van der Waals surface area contributed by atoms with Crippen molar-refractivity contribution in [3.05, 3.63) is 50.8 Å². The molecular weight excluding hydrogens is 330 g/mol. The third-order valence-electron chi connectivity index (χ3n) is 2.38. The fourth-order valence-corrected chi connectivity index (χ4v) is 2.04. The number of hydrogen-bond acceptors (Lipinski definition) is 3. The quantitative estimate of drug-likeness (QED) is 0.803. The van der Waals surface area contributed by atoms with Crippen LogP contribution in [0.15, 0.2) is 24.4 Å². The van der Waals surface area contributed by atoms with Gasteiger partial charge in [0.1, 0.15) is 5.56 Å². The van der Waals surface area contributed by atoms with E-state index >= 15 is 0 Å². The maximum absolute atomic E-state index is 13.9. The zero-order valence-electron chi connectivity index (χ0n) is 9.62. The standard InChI is InChI=1S/C12H6Cl3FN2O2/c13-6-3-8(15)9(4-7(6)14)18-11-10(16)5(12(19)20)1-2-17-11/h1-4H,(H,17,18)(H,19,20). The van der Waals surface area contributed by atoms with E-state index in [2.05, 4.69) is 10.3 Å². The van der Waals surface area contributed by atoms with Crippen LogP contribution in [-0.2, 0) is 0 Å². The number of halogens is 4. The highest BCUT2D eigenvalue weighted by Gasteiger charge is 2.16. The van der Waals surface area contributed by atoms with Crippen molar-refractivity contribution in [2.45, 2.75) is 0 Å². The summed E-state index contributed by atoms with van der Waals surface area (Å²) in [6, 6.07) is 3.83. The van der Waals surface area contributed by atoms with E-state index in [0.29, 0.717) is 0 Å². The van der Waals surface area contributed by atoms with Gasteiger partial charge in [0.05, 0.1) is 20.8 Å². The number of pyridine rings is 1. The third-order valence-corrected chi connectivity index (χ3v) is 3.42. The molecule has 0 bridgehead atoms. The Hall–Kier alpha value is -1.56. The van der Waals surface area contributed by atoms with Gasteiger partial charge in [-0.05, 0) is 18.2 Å². The van der Waals surface area contributed by atoms with Gasteiger partial charge in [0, 0.05) is 6.20 Å². The maximum atomic E-state index is 13.9. The van der Waals surface area contributed by atoms with Crippen molar-refractivity contribution in [1.82, 2.24) is 4.98 Å². The molecule has 2 rings (SSSR count). The lowest BCUT2D eigenvalue weighted by molar-refractivity contribution is 0.0692. The summed E-state index contributed by atoms with van der Waals surface area (Å²) in [5, 5.41) is 12.1. The van der Waals surface area contributed by atoms with E-state index in [4.69, 9.17) is 39.9 Å². The summed E-state index contributed by atoms with van der Waals surface area (Å²) in [5.74, 6) is -2.67. The van der Waals surface area contributed by atoms with Crippen molar-refractivity contribution in [2.75, 3.05) is 5.32 Å². The van der Waals surface area contributed by atoms with Crippen LogP contribution in [0.1, 0.15) is 10.4 Å². The molecule has 0 saturated carbocycles. The number of aromatic nitrogens is 1. The van der Waals surface area contributed by atoms with E-state index in [1.807, 2.05) is 0 Å². The van der Waals surface area contributed by atoms with E-state index in [1.165, 1.54) is 18.3 Å². The van der Waals surface area contributed by atoms with Crippen LogP contribution in [0.5, 0.6) is 0 Å². The molecule has 0 spiro atoms. The van der Waals surface area contributed by atoms with Crippen molar-refractivity contribution < 1.29 is 14.3 Å². The van der Waals surface area contributed by atoms with Gasteiger partial charge in [-0.25, -0.2) is 14.2 Å². The lowest BCUT2D eigenvalue weighted by Gasteiger charge is -2.10. The van der Waals surface area contributed by atoms with Crippen LogP contribution in [0.3, 0.4) is 0 Å². The summed E-state index contributed by atoms with van der Waals surface area (Å²) >= 11 is 17.5. The molecule has 0 radical (unpaired) electrons. The smallest absolute Gasteiger partial charge is 0.338 e. The second-order valence-corrected chi connectivity index (χ2v) is 4.92. The number of anilines is 2. The molecule has 8 heteroatoms. The second kappa shape index (κ2) is 5.83. The number of benzene rings is 1. The molecule has 0 amide bonds. The molecule has 2 N–H and O–H groups in total. The van der Waals surface area contributed by atoms with Gasteiger partial charge < -0.3 is 10.4 Å². The molecule has 0 saturated heterocycles. The molecule has 0 unspecified atom stereocenters. The molecule has 0 fully saturated rings. The molecular formula is C12H6Cl3FN2O2. The van der Waals surface area contributed by atoms with Crippen molar-refractivity contribution in [3.63, 3.8) is 0 Å². The summed E-state index contributed by atoms with van der Waals surface area (Å²) in [5.41, 5.74) is -0.242.